The van der Waals surface area contributed by atoms with Gasteiger partial charge in [0.25, 0.3) is 5.91 Å². The fraction of sp³-hybridized carbons (Fsp3) is 0.406. The van der Waals surface area contributed by atoms with E-state index in [1.54, 1.807) is 13.2 Å². The maximum Gasteiger partial charge on any atom is 0.256 e. The molecule has 0 aliphatic carbocycles. The van der Waals surface area contributed by atoms with Crippen LogP contribution < -0.4 is 14.8 Å². The van der Waals surface area contributed by atoms with Gasteiger partial charge in [-0.1, -0.05) is 57.2 Å². The molecule has 2 atom stereocenters. The zero-order chi connectivity index (χ0) is 29.2. The first kappa shape index (κ1) is 28.8. The Labute approximate surface area is 243 Å². The number of benzene rings is 2. The molecule has 0 spiro atoms. The quantitative estimate of drug-likeness (QED) is 0.323. The molecule has 2 aliphatic rings. The average Bonchev–Trinajstić information content (AvgIpc) is 3.10. The summed E-state index contributed by atoms with van der Waals surface area (Å²) in [6, 6.07) is 13.3. The molecule has 2 aliphatic heterocycles. The van der Waals surface area contributed by atoms with Crippen LogP contribution in [0.15, 0.2) is 67.3 Å². The van der Waals surface area contributed by atoms with Gasteiger partial charge in [0.2, 0.25) is 0 Å². The molecule has 0 saturated carbocycles. The van der Waals surface area contributed by atoms with E-state index in [2.05, 4.69) is 55.2 Å². The molecule has 1 aromatic heterocycles. The fourth-order valence-electron chi connectivity index (χ4n) is 5.07. The number of ether oxygens (including phenoxy) is 2. The maximum absolute atomic E-state index is 14.3. The molecule has 0 bridgehead atoms. The van der Waals surface area contributed by atoms with Crippen molar-refractivity contribution in [3.8, 4) is 11.5 Å². The van der Waals surface area contributed by atoms with Crippen molar-refractivity contribution in [3.05, 3.63) is 84.0 Å². The fourth-order valence-corrected chi connectivity index (χ4v) is 6.09. The second-order valence-electron chi connectivity index (χ2n) is 12.2. The van der Waals surface area contributed by atoms with Crippen molar-refractivity contribution in [2.45, 2.75) is 64.0 Å². The molecule has 0 radical (unpaired) electrons. The number of methoxy groups -OCH3 is 1. The molecule has 1 amide bonds. The van der Waals surface area contributed by atoms with Crippen molar-refractivity contribution < 1.29 is 18.7 Å². The van der Waals surface area contributed by atoms with Gasteiger partial charge in [-0.3, -0.25) is 4.79 Å². The van der Waals surface area contributed by atoms with Gasteiger partial charge in [-0.05, 0) is 41.8 Å². The third-order valence-corrected chi connectivity index (χ3v) is 13.0. The number of nitrogens with one attached hydrogen (secondary N) is 1. The van der Waals surface area contributed by atoms with E-state index in [0.717, 1.165) is 22.4 Å². The Bertz CT molecular complexity index is 1410. The van der Waals surface area contributed by atoms with E-state index in [4.69, 9.17) is 13.9 Å². The van der Waals surface area contributed by atoms with E-state index >= 15 is 0 Å². The van der Waals surface area contributed by atoms with E-state index in [-0.39, 0.29) is 23.0 Å². The van der Waals surface area contributed by atoms with Crippen molar-refractivity contribution in [2.75, 3.05) is 25.6 Å². The number of nitrogens with zero attached hydrogens (tertiary/aromatic N) is 3. The second kappa shape index (κ2) is 11.7. The number of carbonyl (C=O) groups is 1. The lowest BCUT2D eigenvalue weighted by Crippen LogP contribution is -2.53. The highest BCUT2D eigenvalue weighted by Gasteiger charge is 2.42. The Morgan fingerprint density at radius 3 is 2.49 bits per heavy atom. The zero-order valence-corrected chi connectivity index (χ0v) is 25.8. The lowest BCUT2D eigenvalue weighted by Gasteiger charge is -2.43. The van der Waals surface area contributed by atoms with Crippen LogP contribution in [0.3, 0.4) is 0 Å². The minimum Gasteiger partial charge on any atom is -0.493 e. The van der Waals surface area contributed by atoms with Crippen LogP contribution in [-0.2, 0) is 11.0 Å². The van der Waals surface area contributed by atoms with Gasteiger partial charge in [-0.15, -0.1) is 0 Å². The molecule has 1 unspecified atom stereocenters. The highest BCUT2D eigenvalue weighted by atomic mass is 28.4. The molecule has 3 heterocycles. The van der Waals surface area contributed by atoms with Gasteiger partial charge in [0, 0.05) is 30.6 Å². The van der Waals surface area contributed by atoms with Crippen molar-refractivity contribution in [1.82, 2.24) is 14.9 Å². The van der Waals surface area contributed by atoms with Crippen LogP contribution in [0.1, 0.15) is 48.7 Å². The lowest BCUT2D eigenvalue weighted by atomic mass is 9.91. The molecule has 216 valence electrons. The molecule has 41 heavy (non-hydrogen) atoms. The molecule has 3 aromatic rings. The highest BCUT2D eigenvalue weighted by Crippen LogP contribution is 2.41. The molecule has 2 aromatic carbocycles. The molecular formula is C32H40N4O4Si. The number of aromatic nitrogens is 2. The maximum atomic E-state index is 14.3. The normalized spacial score (nSPS) is 18.9. The predicted octanol–water partition coefficient (Wildman–Crippen LogP) is 6.18. The van der Waals surface area contributed by atoms with Gasteiger partial charge in [0.15, 0.2) is 19.8 Å². The average molecular weight is 573 g/mol. The minimum absolute atomic E-state index is 0.0497. The Balaban J connectivity index is 1.47. The zero-order valence-electron chi connectivity index (χ0n) is 24.8. The minimum atomic E-state index is -2.06. The SMILES string of the molecule is COc1cc2c(cc1OCc1ccccc1)NCC1CC(c3cncnc3)=C[C@@H](CO[Si](C)(C)C(C)(C)C)N1C2=O. The first-order chi connectivity index (χ1) is 19.6. The summed E-state index contributed by atoms with van der Waals surface area (Å²) in [7, 11) is -0.457. The number of fused-ring (bicyclic) bond motifs is 2. The van der Waals surface area contributed by atoms with E-state index in [9.17, 15) is 4.79 Å². The number of carbonyl (C=O) groups excluding carboxylic acids is 1. The summed E-state index contributed by atoms with van der Waals surface area (Å²) >= 11 is 0. The predicted molar refractivity (Wildman–Crippen MR) is 164 cm³/mol. The number of anilines is 1. The van der Waals surface area contributed by atoms with E-state index in [0.29, 0.717) is 43.2 Å². The van der Waals surface area contributed by atoms with Crippen molar-refractivity contribution >= 4 is 25.5 Å². The van der Waals surface area contributed by atoms with Crippen molar-refractivity contribution in [1.29, 1.82) is 0 Å². The Morgan fingerprint density at radius 1 is 1.07 bits per heavy atom. The van der Waals surface area contributed by atoms with Crippen LogP contribution in [-0.4, -0.2) is 61.4 Å². The van der Waals surface area contributed by atoms with Crippen LogP contribution in [0, 0.1) is 0 Å². The number of hydrogen-bond acceptors (Lipinski definition) is 7. The smallest absolute Gasteiger partial charge is 0.256 e. The first-order valence-corrected chi connectivity index (χ1v) is 17.0. The van der Waals surface area contributed by atoms with Crippen molar-refractivity contribution in [2.24, 2.45) is 0 Å². The standard InChI is InChI=1S/C32H40N4O4Si/c1-32(2,3)41(5,6)40-20-26-13-23(24-16-33-21-34-17-24)12-25-18-35-28-15-30(39-19-22-10-8-7-9-11-22)29(38-4)14-27(28)31(37)36(25)26/h7-11,13-17,21,25-26,35H,12,18-20H2,1-6H3/t25?,26-/m0/s1. The summed E-state index contributed by atoms with van der Waals surface area (Å²) in [6.07, 6.45) is 8.06. The number of amides is 1. The Hall–Kier alpha value is -3.69. The Morgan fingerprint density at radius 2 is 1.80 bits per heavy atom. The van der Waals surface area contributed by atoms with Gasteiger partial charge in [-0.25, -0.2) is 9.97 Å². The molecule has 1 N–H and O–H groups in total. The topological polar surface area (TPSA) is 85.8 Å². The van der Waals surface area contributed by atoms with Gasteiger partial charge < -0.3 is 24.1 Å². The Kier molecular flexibility index (Phi) is 8.20. The summed E-state index contributed by atoms with van der Waals surface area (Å²) in [5, 5.41) is 3.60. The molecule has 0 fully saturated rings. The van der Waals surface area contributed by atoms with Crippen molar-refractivity contribution in [3.63, 3.8) is 0 Å². The van der Waals surface area contributed by atoms with Crippen LogP contribution in [0.25, 0.3) is 5.57 Å². The van der Waals surface area contributed by atoms with Crippen LogP contribution >= 0.6 is 0 Å². The van der Waals surface area contributed by atoms with E-state index < -0.39 is 8.32 Å². The molecule has 9 heteroatoms. The summed E-state index contributed by atoms with van der Waals surface area (Å²) in [6.45, 7) is 12.6. The molecule has 5 rings (SSSR count). The van der Waals surface area contributed by atoms with Gasteiger partial charge in [-0.2, -0.15) is 0 Å². The summed E-state index contributed by atoms with van der Waals surface area (Å²) in [4.78, 5) is 24.8. The summed E-state index contributed by atoms with van der Waals surface area (Å²) in [5.41, 5.74) is 4.45. The third kappa shape index (κ3) is 6.16. The third-order valence-electron chi connectivity index (χ3n) is 8.49. The second-order valence-corrected chi connectivity index (χ2v) is 17.0. The lowest BCUT2D eigenvalue weighted by molar-refractivity contribution is 0.0558. The monoisotopic (exact) mass is 572 g/mol. The molecular weight excluding hydrogens is 532 g/mol. The first-order valence-electron chi connectivity index (χ1n) is 14.1. The summed E-state index contributed by atoms with van der Waals surface area (Å²) in [5.74, 6) is 1.07. The highest BCUT2D eigenvalue weighted by molar-refractivity contribution is 6.74. The van der Waals surface area contributed by atoms with Crippen LogP contribution in [0.2, 0.25) is 18.1 Å². The molecule has 8 nitrogen and oxygen atoms in total. The van der Waals surface area contributed by atoms with Gasteiger partial charge >= 0.3 is 0 Å². The van der Waals surface area contributed by atoms with Gasteiger partial charge in [0.1, 0.15) is 12.9 Å². The summed E-state index contributed by atoms with van der Waals surface area (Å²) < 4.78 is 18.5. The number of hydrogen-bond donors (Lipinski definition) is 1. The molecule has 0 saturated heterocycles. The van der Waals surface area contributed by atoms with Gasteiger partial charge in [0.05, 0.1) is 37.1 Å². The number of rotatable bonds is 8. The van der Waals surface area contributed by atoms with E-state index in [1.807, 2.05) is 53.7 Å². The van der Waals surface area contributed by atoms with Crippen LogP contribution in [0.5, 0.6) is 11.5 Å². The largest absolute Gasteiger partial charge is 0.493 e. The van der Waals surface area contributed by atoms with E-state index in [1.165, 1.54) is 6.33 Å². The van der Waals surface area contributed by atoms with Crippen LogP contribution in [0.4, 0.5) is 5.69 Å².